The largest absolute Gasteiger partial charge is 0.466 e. The first-order valence-electron chi connectivity index (χ1n) is 8.97. The maximum Gasteiger partial charge on any atom is 0.317 e. The van der Waals surface area contributed by atoms with Crippen molar-refractivity contribution in [2.75, 3.05) is 11.5 Å². The van der Waals surface area contributed by atoms with Gasteiger partial charge in [0, 0.05) is 15.7 Å². The van der Waals surface area contributed by atoms with Crippen molar-refractivity contribution in [3.8, 4) is 5.75 Å². The van der Waals surface area contributed by atoms with Gasteiger partial charge in [-0.2, -0.15) is 0 Å². The van der Waals surface area contributed by atoms with E-state index >= 15 is 0 Å². The number of nitrogens with zero attached hydrogens (tertiary/aromatic N) is 1. The first kappa shape index (κ1) is 20.6. The van der Waals surface area contributed by atoms with Crippen LogP contribution in [0.3, 0.4) is 0 Å². The fourth-order valence-electron chi connectivity index (χ4n) is 3.97. The molecule has 0 unspecified atom stereocenters. The lowest BCUT2D eigenvalue weighted by molar-refractivity contribution is -0.159. The topological polar surface area (TPSA) is 50.8 Å². The molecule has 2 aliphatic rings. The van der Waals surface area contributed by atoms with Crippen LogP contribution < -0.4 is 15.0 Å². The monoisotopic (exact) mass is 542 g/mol. The first-order chi connectivity index (χ1) is 13.8. The van der Waals surface area contributed by atoms with Gasteiger partial charge in [-0.25, -0.2) is 4.39 Å². The number of hydrogen-bond acceptors (Lipinski definition) is 4. The van der Waals surface area contributed by atoms with Gasteiger partial charge in [0.05, 0.1) is 17.1 Å². The van der Waals surface area contributed by atoms with Gasteiger partial charge in [0.25, 0.3) is 0 Å². The molecule has 0 aliphatic carbocycles. The Morgan fingerprint density at radius 1 is 1.34 bits per heavy atom. The van der Waals surface area contributed by atoms with Gasteiger partial charge in [-0.05, 0) is 78.4 Å². The highest BCUT2D eigenvalue weighted by Crippen LogP contribution is 2.52. The van der Waals surface area contributed by atoms with Crippen molar-refractivity contribution in [1.82, 2.24) is 5.32 Å². The van der Waals surface area contributed by atoms with E-state index in [-0.39, 0.29) is 12.4 Å². The van der Waals surface area contributed by atoms with Crippen molar-refractivity contribution in [2.45, 2.75) is 25.6 Å². The number of hydrogen-bond donors (Lipinski definition) is 1. The van der Waals surface area contributed by atoms with Crippen LogP contribution in [0.2, 0.25) is 0 Å². The highest BCUT2D eigenvalue weighted by molar-refractivity contribution is 9.11. The summed E-state index contributed by atoms with van der Waals surface area (Å²) < 4.78 is 26.9. The quantitative estimate of drug-likeness (QED) is 0.430. The van der Waals surface area contributed by atoms with Gasteiger partial charge in [0.2, 0.25) is 5.72 Å². The number of anilines is 1. The van der Waals surface area contributed by atoms with Gasteiger partial charge in [-0.15, -0.1) is 0 Å². The van der Waals surface area contributed by atoms with Gasteiger partial charge >= 0.3 is 5.97 Å². The Morgan fingerprint density at radius 3 is 2.69 bits per heavy atom. The molecule has 9 heteroatoms. The van der Waals surface area contributed by atoms with Gasteiger partial charge in [0.1, 0.15) is 17.5 Å². The standard InChI is InChI=1S/C20H17Br2FN2O3S/c1-3-27-18(26)15-16-13-8-10(21)9-14(22)17(13)28-20(15,2)25(19(29)24-16)12-6-4-11(23)5-7-12/h4-9,15-16H,3H2,1-2H3,(H,24,29)/t15-,16+,20+/m1/s1. The number of fused-ring (bicyclic) bond motifs is 4. The van der Waals surface area contributed by atoms with Crippen molar-refractivity contribution in [1.29, 1.82) is 0 Å². The number of thiocarbonyl (C=S) groups is 1. The minimum absolute atomic E-state index is 0.244. The molecule has 5 nitrogen and oxygen atoms in total. The van der Waals surface area contributed by atoms with Crippen LogP contribution in [0, 0.1) is 11.7 Å². The molecule has 2 aliphatic heterocycles. The van der Waals surface area contributed by atoms with E-state index in [1.807, 2.05) is 12.1 Å². The molecule has 1 N–H and O–H groups in total. The maximum atomic E-state index is 13.5. The number of halogens is 3. The lowest BCUT2D eigenvalue weighted by Gasteiger charge is -2.55. The molecule has 4 rings (SSSR count). The zero-order chi connectivity index (χ0) is 20.9. The number of esters is 1. The van der Waals surface area contributed by atoms with Crippen LogP contribution in [-0.4, -0.2) is 23.4 Å². The molecule has 0 amide bonds. The molecule has 1 fully saturated rings. The minimum Gasteiger partial charge on any atom is -0.466 e. The Morgan fingerprint density at radius 2 is 2.03 bits per heavy atom. The SMILES string of the molecule is CCOC(=O)[C@H]1[C@H]2NC(=S)N(c3ccc(F)cc3)[C@@]1(C)Oc1c(Br)cc(Br)cc12. The normalized spacial score (nSPS) is 25.0. The van der Waals surface area contributed by atoms with Crippen LogP contribution in [-0.2, 0) is 9.53 Å². The smallest absolute Gasteiger partial charge is 0.317 e. The van der Waals surface area contributed by atoms with Crippen molar-refractivity contribution < 1.29 is 18.7 Å². The summed E-state index contributed by atoms with van der Waals surface area (Å²) in [5, 5.41) is 3.66. The number of nitrogens with one attached hydrogen (secondary N) is 1. The van der Waals surface area contributed by atoms with Crippen LogP contribution in [0.5, 0.6) is 5.75 Å². The molecule has 2 aromatic carbocycles. The van der Waals surface area contributed by atoms with Crippen LogP contribution in [0.25, 0.3) is 0 Å². The molecule has 2 heterocycles. The number of benzene rings is 2. The third kappa shape index (κ3) is 3.33. The van der Waals surface area contributed by atoms with Gasteiger partial charge in [0.15, 0.2) is 5.11 Å². The van der Waals surface area contributed by atoms with Crippen molar-refractivity contribution in [3.05, 3.63) is 56.7 Å². The molecule has 29 heavy (non-hydrogen) atoms. The number of ether oxygens (including phenoxy) is 2. The van der Waals surface area contributed by atoms with Crippen LogP contribution >= 0.6 is 44.1 Å². The summed E-state index contributed by atoms with van der Waals surface area (Å²) in [6.45, 7) is 3.81. The minimum atomic E-state index is -1.18. The second kappa shape index (κ2) is 7.52. The molecular weight excluding hydrogens is 527 g/mol. The summed E-state index contributed by atoms with van der Waals surface area (Å²) in [6.07, 6.45) is 0. The highest BCUT2D eigenvalue weighted by atomic mass is 79.9. The summed E-state index contributed by atoms with van der Waals surface area (Å²) in [4.78, 5) is 14.7. The number of rotatable bonds is 3. The Balaban J connectivity index is 1.92. The second-order valence-corrected chi connectivity index (χ2v) is 9.09. The highest BCUT2D eigenvalue weighted by Gasteiger charge is 2.60. The molecule has 0 spiro atoms. The van der Waals surface area contributed by atoms with E-state index in [9.17, 15) is 9.18 Å². The molecule has 0 aromatic heterocycles. The van der Waals surface area contributed by atoms with Gasteiger partial charge < -0.3 is 14.8 Å². The lowest BCUT2D eigenvalue weighted by Crippen LogP contribution is -2.71. The second-order valence-electron chi connectivity index (χ2n) is 6.93. The number of carbonyl (C=O) groups is 1. The van der Waals surface area contributed by atoms with Crippen molar-refractivity contribution in [3.63, 3.8) is 0 Å². The third-order valence-electron chi connectivity index (χ3n) is 5.14. The summed E-state index contributed by atoms with van der Waals surface area (Å²) in [5.41, 5.74) is 0.221. The van der Waals surface area contributed by atoms with E-state index in [0.717, 1.165) is 14.5 Å². The predicted octanol–water partition coefficient (Wildman–Crippen LogP) is 5.07. The summed E-state index contributed by atoms with van der Waals surface area (Å²) in [6, 6.07) is 9.23. The summed E-state index contributed by atoms with van der Waals surface area (Å²) in [7, 11) is 0. The molecule has 3 atom stereocenters. The van der Waals surface area contributed by atoms with E-state index in [0.29, 0.717) is 16.5 Å². The average Bonchev–Trinajstić information content (AvgIpc) is 2.64. The van der Waals surface area contributed by atoms with Crippen LogP contribution in [0.15, 0.2) is 45.3 Å². The summed E-state index contributed by atoms with van der Waals surface area (Å²) in [5.74, 6) is -0.864. The third-order valence-corrected chi connectivity index (χ3v) is 6.49. The van der Waals surface area contributed by atoms with Crippen LogP contribution in [0.1, 0.15) is 25.5 Å². The van der Waals surface area contributed by atoms with E-state index < -0.39 is 23.7 Å². The summed E-state index contributed by atoms with van der Waals surface area (Å²) >= 11 is 12.7. The zero-order valence-corrected chi connectivity index (χ0v) is 19.5. The molecule has 0 radical (unpaired) electrons. The fourth-order valence-corrected chi connectivity index (χ4v) is 5.73. The van der Waals surface area contributed by atoms with Crippen LogP contribution in [0.4, 0.5) is 10.1 Å². The molecule has 2 aromatic rings. The van der Waals surface area contributed by atoms with Gasteiger partial charge in [-0.1, -0.05) is 15.9 Å². The molecule has 1 saturated heterocycles. The molecular formula is C20H17Br2FN2O3S. The van der Waals surface area contributed by atoms with E-state index in [4.69, 9.17) is 21.7 Å². The Labute approximate surface area is 189 Å². The maximum absolute atomic E-state index is 13.5. The van der Waals surface area contributed by atoms with Crippen molar-refractivity contribution in [2.24, 2.45) is 5.92 Å². The average molecular weight is 544 g/mol. The first-order valence-corrected chi connectivity index (χ1v) is 11.0. The van der Waals surface area contributed by atoms with Crippen molar-refractivity contribution >= 4 is 60.8 Å². The fraction of sp³-hybridized carbons (Fsp3) is 0.300. The molecule has 2 bridgehead atoms. The lowest BCUT2D eigenvalue weighted by atomic mass is 9.79. The Bertz CT molecular complexity index is 1000. The Kier molecular flexibility index (Phi) is 5.33. The zero-order valence-electron chi connectivity index (χ0n) is 15.5. The Hall–Kier alpha value is -1.71. The van der Waals surface area contributed by atoms with E-state index in [1.54, 1.807) is 30.9 Å². The molecule has 152 valence electrons. The molecule has 0 saturated carbocycles. The number of carbonyl (C=O) groups excluding carboxylic acids is 1. The van der Waals surface area contributed by atoms with Gasteiger partial charge in [-0.3, -0.25) is 9.69 Å². The van der Waals surface area contributed by atoms with E-state index in [2.05, 4.69) is 37.2 Å². The van der Waals surface area contributed by atoms with E-state index in [1.165, 1.54) is 12.1 Å². The predicted molar refractivity (Wildman–Crippen MR) is 118 cm³/mol.